The molecular formula is C17H26. The van der Waals surface area contributed by atoms with E-state index in [1.165, 1.54) is 19.3 Å². The van der Waals surface area contributed by atoms with Gasteiger partial charge in [-0.1, -0.05) is 64.8 Å². The molecular weight excluding hydrogens is 204 g/mol. The van der Waals surface area contributed by atoms with Crippen LogP contribution in [0.25, 0.3) is 0 Å². The van der Waals surface area contributed by atoms with Crippen LogP contribution in [0, 0.1) is 11.8 Å². The van der Waals surface area contributed by atoms with Gasteiger partial charge in [-0.15, -0.1) is 0 Å². The Kier molecular flexibility index (Phi) is 3.91. The average molecular weight is 230 g/mol. The quantitative estimate of drug-likeness (QED) is 0.656. The van der Waals surface area contributed by atoms with Crippen molar-refractivity contribution >= 4 is 0 Å². The molecule has 0 radical (unpaired) electrons. The van der Waals surface area contributed by atoms with E-state index >= 15 is 0 Å². The summed E-state index contributed by atoms with van der Waals surface area (Å²) in [6.45, 7) is 9.51. The second-order valence-electron chi connectivity index (χ2n) is 5.81. The van der Waals surface area contributed by atoms with Crippen molar-refractivity contribution in [2.75, 3.05) is 0 Å². The lowest BCUT2D eigenvalue weighted by Gasteiger charge is -2.38. The molecule has 0 fully saturated rings. The molecule has 0 nitrogen and oxygen atoms in total. The van der Waals surface area contributed by atoms with Gasteiger partial charge in [-0.05, 0) is 41.2 Å². The van der Waals surface area contributed by atoms with Gasteiger partial charge in [-0.2, -0.15) is 0 Å². The summed E-state index contributed by atoms with van der Waals surface area (Å²) < 4.78 is 0. The van der Waals surface area contributed by atoms with Crippen molar-refractivity contribution in [3.8, 4) is 0 Å². The van der Waals surface area contributed by atoms with Gasteiger partial charge in [0, 0.05) is 0 Å². The van der Waals surface area contributed by atoms with Crippen molar-refractivity contribution < 1.29 is 0 Å². The van der Waals surface area contributed by atoms with Crippen LogP contribution in [-0.2, 0) is 0 Å². The van der Waals surface area contributed by atoms with E-state index in [9.17, 15) is 0 Å². The fourth-order valence-electron chi connectivity index (χ4n) is 3.52. The highest BCUT2D eigenvalue weighted by atomic mass is 14.4. The Hall–Kier alpha value is -0.780. The Labute approximate surface area is 106 Å². The first kappa shape index (κ1) is 12.7. The minimum atomic E-state index is 0.747. The molecule has 0 bridgehead atoms. The molecule has 0 amide bonds. The second kappa shape index (κ2) is 5.25. The normalized spacial score (nSPS) is 29.8. The van der Waals surface area contributed by atoms with E-state index in [0.717, 1.165) is 23.7 Å². The summed E-state index contributed by atoms with van der Waals surface area (Å²) in [5.41, 5.74) is 3.26. The van der Waals surface area contributed by atoms with Crippen LogP contribution in [0.1, 0.15) is 69.9 Å². The molecule has 0 saturated heterocycles. The minimum absolute atomic E-state index is 0.747. The van der Waals surface area contributed by atoms with Crippen molar-refractivity contribution in [3.63, 3.8) is 0 Å². The highest BCUT2D eigenvalue weighted by molar-refractivity contribution is 5.36. The first-order valence-electron chi connectivity index (χ1n) is 7.27. The molecule has 0 heterocycles. The van der Waals surface area contributed by atoms with E-state index in [0.29, 0.717) is 0 Å². The maximum Gasteiger partial charge on any atom is -0.0131 e. The Morgan fingerprint density at radius 2 is 1.82 bits per heavy atom. The number of hydrogen-bond donors (Lipinski definition) is 0. The third-order valence-electron chi connectivity index (χ3n) is 5.01. The highest BCUT2D eigenvalue weighted by Crippen LogP contribution is 2.47. The molecule has 1 aromatic carbocycles. The predicted octanol–water partition coefficient (Wildman–Crippen LogP) is 5.35. The summed E-state index contributed by atoms with van der Waals surface area (Å²) in [4.78, 5) is 0. The Morgan fingerprint density at radius 1 is 1.18 bits per heavy atom. The van der Waals surface area contributed by atoms with Crippen LogP contribution in [0.4, 0.5) is 0 Å². The van der Waals surface area contributed by atoms with E-state index in [1.807, 2.05) is 0 Å². The molecule has 4 atom stereocenters. The van der Waals surface area contributed by atoms with E-state index in [-0.39, 0.29) is 0 Å². The average Bonchev–Trinajstić information content (AvgIpc) is 2.38. The molecule has 94 valence electrons. The zero-order chi connectivity index (χ0) is 12.4. The molecule has 0 saturated carbocycles. The van der Waals surface area contributed by atoms with Crippen LogP contribution in [-0.4, -0.2) is 0 Å². The number of fused-ring (bicyclic) bond motifs is 1. The smallest absolute Gasteiger partial charge is 0.0131 e. The van der Waals surface area contributed by atoms with Crippen LogP contribution < -0.4 is 0 Å². The van der Waals surface area contributed by atoms with Gasteiger partial charge >= 0.3 is 0 Å². The fraction of sp³-hybridized carbons (Fsp3) is 0.647. The summed E-state index contributed by atoms with van der Waals surface area (Å²) >= 11 is 0. The standard InChI is InChI=1S/C17H26/c1-5-12(3)17-11-14(6-2)13(4)15-9-7-8-10-16(15)17/h7-10,12-14,17H,5-6,11H2,1-4H3. The van der Waals surface area contributed by atoms with Gasteiger partial charge in [-0.25, -0.2) is 0 Å². The molecule has 0 N–H and O–H groups in total. The summed E-state index contributed by atoms with van der Waals surface area (Å²) in [5, 5.41) is 0. The topological polar surface area (TPSA) is 0 Å². The van der Waals surface area contributed by atoms with E-state index in [4.69, 9.17) is 0 Å². The highest BCUT2D eigenvalue weighted by Gasteiger charge is 2.33. The third-order valence-corrected chi connectivity index (χ3v) is 5.01. The number of rotatable bonds is 3. The van der Waals surface area contributed by atoms with Crippen molar-refractivity contribution in [1.29, 1.82) is 0 Å². The van der Waals surface area contributed by atoms with E-state index in [1.54, 1.807) is 11.1 Å². The van der Waals surface area contributed by atoms with Crippen LogP contribution in [0.2, 0.25) is 0 Å². The molecule has 2 rings (SSSR count). The van der Waals surface area contributed by atoms with Gasteiger partial charge in [-0.3, -0.25) is 0 Å². The van der Waals surface area contributed by atoms with Crippen molar-refractivity contribution in [3.05, 3.63) is 35.4 Å². The predicted molar refractivity (Wildman–Crippen MR) is 75.5 cm³/mol. The molecule has 0 aromatic heterocycles. The SMILES string of the molecule is CCC(C)C1CC(CC)C(C)c2ccccc21. The lowest BCUT2D eigenvalue weighted by Crippen LogP contribution is -2.25. The summed E-state index contributed by atoms with van der Waals surface area (Å²) in [6.07, 6.45) is 4.01. The summed E-state index contributed by atoms with van der Waals surface area (Å²) in [5.74, 6) is 3.23. The van der Waals surface area contributed by atoms with Crippen molar-refractivity contribution in [2.45, 2.75) is 58.8 Å². The van der Waals surface area contributed by atoms with Gasteiger partial charge in [0.1, 0.15) is 0 Å². The number of benzene rings is 1. The number of hydrogen-bond acceptors (Lipinski definition) is 0. The second-order valence-corrected chi connectivity index (χ2v) is 5.81. The van der Waals surface area contributed by atoms with Crippen molar-refractivity contribution in [1.82, 2.24) is 0 Å². The molecule has 4 unspecified atom stereocenters. The maximum absolute atomic E-state index is 2.42. The molecule has 1 aliphatic rings. The maximum atomic E-state index is 2.42. The van der Waals surface area contributed by atoms with Gasteiger partial charge in [0.15, 0.2) is 0 Å². The summed E-state index contributed by atoms with van der Waals surface area (Å²) in [7, 11) is 0. The minimum Gasteiger partial charge on any atom is -0.0651 e. The first-order chi connectivity index (χ1) is 8.19. The van der Waals surface area contributed by atoms with Crippen LogP contribution in [0.5, 0.6) is 0 Å². The van der Waals surface area contributed by atoms with E-state index < -0.39 is 0 Å². The molecule has 0 spiro atoms. The Balaban J connectivity index is 2.39. The van der Waals surface area contributed by atoms with Gasteiger partial charge in [0.25, 0.3) is 0 Å². The molecule has 1 aromatic rings. The van der Waals surface area contributed by atoms with E-state index in [2.05, 4.69) is 52.0 Å². The van der Waals surface area contributed by atoms with Gasteiger partial charge < -0.3 is 0 Å². The third kappa shape index (κ3) is 2.27. The van der Waals surface area contributed by atoms with Crippen LogP contribution in [0.15, 0.2) is 24.3 Å². The first-order valence-corrected chi connectivity index (χ1v) is 7.27. The lowest BCUT2D eigenvalue weighted by molar-refractivity contribution is 0.287. The molecule has 0 heteroatoms. The van der Waals surface area contributed by atoms with Gasteiger partial charge in [0.2, 0.25) is 0 Å². The molecule has 0 aliphatic heterocycles. The lowest BCUT2D eigenvalue weighted by atomic mass is 9.66. The molecule has 17 heavy (non-hydrogen) atoms. The summed E-state index contributed by atoms with van der Waals surface area (Å²) in [6, 6.07) is 9.15. The molecule has 1 aliphatic carbocycles. The largest absolute Gasteiger partial charge is 0.0651 e. The zero-order valence-corrected chi connectivity index (χ0v) is 11.7. The van der Waals surface area contributed by atoms with Crippen LogP contribution in [0.3, 0.4) is 0 Å². The van der Waals surface area contributed by atoms with Gasteiger partial charge in [0.05, 0.1) is 0 Å². The monoisotopic (exact) mass is 230 g/mol. The fourth-order valence-corrected chi connectivity index (χ4v) is 3.52. The zero-order valence-electron chi connectivity index (χ0n) is 11.7. The Bertz CT molecular complexity index is 366. The Morgan fingerprint density at radius 3 is 2.41 bits per heavy atom. The van der Waals surface area contributed by atoms with Crippen molar-refractivity contribution in [2.24, 2.45) is 11.8 Å². The van der Waals surface area contributed by atoms with Crippen LogP contribution >= 0.6 is 0 Å².